The topological polar surface area (TPSA) is 9.23 Å². The van der Waals surface area contributed by atoms with Crippen molar-refractivity contribution in [2.24, 2.45) is 0 Å². The van der Waals surface area contributed by atoms with Crippen molar-refractivity contribution in [3.8, 4) is 5.75 Å². The summed E-state index contributed by atoms with van der Waals surface area (Å²) in [5.41, 5.74) is 0. The van der Waals surface area contributed by atoms with Crippen molar-refractivity contribution in [2.75, 3.05) is 6.61 Å². The van der Waals surface area contributed by atoms with Crippen LogP contribution in [-0.2, 0) is 0 Å². The number of benzene rings is 1. The molecular weight excluding hydrogens is 207 g/mol. The molecule has 1 nitrogen and oxygen atoms in total. The summed E-state index contributed by atoms with van der Waals surface area (Å²) in [5.74, 6) is 0.238. The fraction of sp³-hybridized carbons (Fsp3) is 0.500. The maximum atomic E-state index is 14.0. The Balaban J connectivity index is 3.01. The number of ether oxygens (including phenoxy) is 1. The van der Waals surface area contributed by atoms with Crippen LogP contribution in [0.5, 0.6) is 5.75 Å². The fourth-order valence-electron chi connectivity index (χ4n) is 1.41. The molecule has 0 saturated heterocycles. The molecule has 1 aromatic rings. The van der Waals surface area contributed by atoms with Gasteiger partial charge < -0.3 is 4.74 Å². The summed E-state index contributed by atoms with van der Waals surface area (Å²) in [6.45, 7) is 8.99. The largest absolute Gasteiger partial charge is 0.491 e. The zero-order valence-electron chi connectivity index (χ0n) is 9.93. The highest BCUT2D eigenvalue weighted by Gasteiger charge is 2.22. The van der Waals surface area contributed by atoms with Crippen molar-refractivity contribution in [3.05, 3.63) is 24.0 Å². The van der Waals surface area contributed by atoms with Gasteiger partial charge in [-0.1, -0.05) is 38.7 Å². The summed E-state index contributed by atoms with van der Waals surface area (Å²) >= 11 is 0. The minimum atomic E-state index is -1.60. The predicted octanol–water partition coefficient (Wildman–Crippen LogP) is 3.16. The minimum Gasteiger partial charge on any atom is -0.491 e. The summed E-state index contributed by atoms with van der Waals surface area (Å²) in [5, 5.41) is 0.844. The van der Waals surface area contributed by atoms with E-state index in [1.54, 1.807) is 6.07 Å². The van der Waals surface area contributed by atoms with Crippen molar-refractivity contribution < 1.29 is 9.13 Å². The summed E-state index contributed by atoms with van der Waals surface area (Å²) < 4.78 is 19.4. The average Bonchev–Trinajstić information content (AvgIpc) is 2.14. The lowest BCUT2D eigenvalue weighted by Gasteiger charge is -2.19. The third-order valence-corrected chi connectivity index (χ3v) is 4.24. The van der Waals surface area contributed by atoms with Crippen LogP contribution in [0.4, 0.5) is 4.39 Å². The van der Waals surface area contributed by atoms with E-state index in [0.29, 0.717) is 12.4 Å². The van der Waals surface area contributed by atoms with E-state index < -0.39 is 8.07 Å². The van der Waals surface area contributed by atoms with Crippen molar-refractivity contribution in [3.63, 3.8) is 0 Å². The van der Waals surface area contributed by atoms with Crippen LogP contribution in [0, 0.1) is 5.82 Å². The van der Waals surface area contributed by atoms with Crippen molar-refractivity contribution in [1.29, 1.82) is 0 Å². The highest BCUT2D eigenvalue weighted by Crippen LogP contribution is 2.17. The van der Waals surface area contributed by atoms with Gasteiger partial charge in [-0.15, -0.1) is 0 Å². The first-order chi connectivity index (χ1) is 6.96. The molecule has 1 aromatic carbocycles. The normalized spacial score (nSPS) is 11.5. The van der Waals surface area contributed by atoms with E-state index in [-0.39, 0.29) is 5.82 Å². The molecule has 0 aromatic heterocycles. The second-order valence-electron chi connectivity index (χ2n) is 4.72. The maximum Gasteiger partial charge on any atom is 0.164 e. The molecule has 0 bridgehead atoms. The summed E-state index contributed by atoms with van der Waals surface area (Å²) in [7, 11) is -1.60. The van der Waals surface area contributed by atoms with Crippen molar-refractivity contribution in [2.45, 2.75) is 33.0 Å². The SMILES string of the molecule is CCCOc1cccc([Si](C)(C)C)c1F. The number of hydrogen-bond acceptors (Lipinski definition) is 1. The van der Waals surface area contributed by atoms with Gasteiger partial charge in [-0.25, -0.2) is 4.39 Å². The summed E-state index contributed by atoms with van der Waals surface area (Å²) in [6.07, 6.45) is 0.899. The minimum absolute atomic E-state index is 0.162. The summed E-state index contributed by atoms with van der Waals surface area (Å²) in [6, 6.07) is 5.46. The number of rotatable bonds is 4. The van der Waals surface area contributed by atoms with E-state index in [1.807, 2.05) is 19.1 Å². The molecule has 0 aliphatic heterocycles. The molecule has 0 atom stereocenters. The van der Waals surface area contributed by atoms with E-state index in [9.17, 15) is 4.39 Å². The molecule has 15 heavy (non-hydrogen) atoms. The molecule has 0 radical (unpaired) electrons. The molecule has 84 valence electrons. The lowest BCUT2D eigenvalue weighted by Crippen LogP contribution is -2.40. The Bertz CT molecular complexity index is 331. The van der Waals surface area contributed by atoms with E-state index >= 15 is 0 Å². The van der Waals surface area contributed by atoms with Gasteiger partial charge >= 0.3 is 0 Å². The molecule has 0 amide bonds. The smallest absolute Gasteiger partial charge is 0.164 e. The van der Waals surface area contributed by atoms with Gasteiger partial charge in [0.1, 0.15) is 0 Å². The van der Waals surface area contributed by atoms with Crippen LogP contribution < -0.4 is 9.92 Å². The van der Waals surface area contributed by atoms with Gasteiger partial charge in [-0.2, -0.15) is 0 Å². The molecule has 0 N–H and O–H groups in total. The van der Waals surface area contributed by atoms with Gasteiger partial charge in [0.25, 0.3) is 0 Å². The second kappa shape index (κ2) is 4.79. The maximum absolute atomic E-state index is 14.0. The lowest BCUT2D eigenvalue weighted by atomic mass is 10.3. The molecule has 0 heterocycles. The Labute approximate surface area is 92.3 Å². The molecule has 0 unspecified atom stereocenters. The van der Waals surface area contributed by atoms with E-state index in [2.05, 4.69) is 19.6 Å². The Kier molecular flexibility index (Phi) is 3.91. The van der Waals surface area contributed by atoms with Crippen molar-refractivity contribution in [1.82, 2.24) is 0 Å². The quantitative estimate of drug-likeness (QED) is 0.717. The number of hydrogen-bond donors (Lipinski definition) is 0. The predicted molar refractivity (Wildman–Crippen MR) is 65.2 cm³/mol. The molecule has 0 fully saturated rings. The first-order valence-corrected chi connectivity index (χ1v) is 8.88. The zero-order valence-corrected chi connectivity index (χ0v) is 10.9. The van der Waals surface area contributed by atoms with Gasteiger partial charge in [0.05, 0.1) is 14.7 Å². The molecule has 0 spiro atoms. The second-order valence-corrected chi connectivity index (χ2v) is 9.75. The first kappa shape index (κ1) is 12.2. The van der Waals surface area contributed by atoms with Crippen LogP contribution in [0.25, 0.3) is 0 Å². The molecular formula is C12H19FOSi. The molecule has 0 saturated carbocycles. The number of halogens is 1. The molecule has 3 heteroatoms. The van der Waals surface area contributed by atoms with Crippen LogP contribution in [0.1, 0.15) is 13.3 Å². The van der Waals surface area contributed by atoms with Gasteiger partial charge in [-0.3, -0.25) is 0 Å². The Morgan fingerprint density at radius 2 is 1.93 bits per heavy atom. The van der Waals surface area contributed by atoms with Crippen molar-refractivity contribution >= 4 is 13.3 Å². The van der Waals surface area contributed by atoms with Crippen LogP contribution in [0.2, 0.25) is 19.6 Å². The van der Waals surface area contributed by atoms with Crippen LogP contribution in [0.15, 0.2) is 18.2 Å². The van der Waals surface area contributed by atoms with E-state index in [0.717, 1.165) is 11.6 Å². The van der Waals surface area contributed by atoms with Gasteiger partial charge in [0, 0.05) is 0 Å². The monoisotopic (exact) mass is 226 g/mol. The Morgan fingerprint density at radius 3 is 2.47 bits per heavy atom. The first-order valence-electron chi connectivity index (χ1n) is 5.38. The lowest BCUT2D eigenvalue weighted by molar-refractivity contribution is 0.302. The van der Waals surface area contributed by atoms with Crippen LogP contribution in [-0.4, -0.2) is 14.7 Å². The average molecular weight is 226 g/mol. The Morgan fingerprint density at radius 1 is 1.27 bits per heavy atom. The van der Waals surface area contributed by atoms with Crippen LogP contribution in [0.3, 0.4) is 0 Å². The molecule has 0 aliphatic rings. The van der Waals surface area contributed by atoms with E-state index in [4.69, 9.17) is 4.74 Å². The van der Waals surface area contributed by atoms with Gasteiger partial charge in [0.15, 0.2) is 11.6 Å². The van der Waals surface area contributed by atoms with Gasteiger partial charge in [-0.05, 0) is 17.7 Å². The Hall–Kier alpha value is -0.833. The zero-order chi connectivity index (χ0) is 11.5. The highest BCUT2D eigenvalue weighted by atomic mass is 28.3. The van der Waals surface area contributed by atoms with Gasteiger partial charge in [0.2, 0.25) is 0 Å². The standard InChI is InChI=1S/C12H19FOSi/c1-5-9-14-10-7-6-8-11(12(10)13)15(2,3)4/h6-8H,5,9H2,1-4H3. The van der Waals surface area contributed by atoms with Crippen LogP contribution >= 0.6 is 0 Å². The third-order valence-electron chi connectivity index (χ3n) is 2.23. The third kappa shape index (κ3) is 3.06. The summed E-state index contributed by atoms with van der Waals surface area (Å²) in [4.78, 5) is 0. The molecule has 1 rings (SSSR count). The highest BCUT2D eigenvalue weighted by molar-refractivity contribution is 6.88. The van der Waals surface area contributed by atoms with E-state index in [1.165, 1.54) is 0 Å². The fourth-order valence-corrected chi connectivity index (χ4v) is 2.79. The molecule has 0 aliphatic carbocycles.